The lowest BCUT2D eigenvalue weighted by Gasteiger charge is -2.32. The third kappa shape index (κ3) is 5.06. The molecule has 1 aliphatic rings. The molecule has 1 heterocycles. The number of hydrogen-bond acceptors (Lipinski definition) is 3. The average molecular weight is 328 g/mol. The van der Waals surface area contributed by atoms with Gasteiger partial charge in [0.15, 0.2) is 11.6 Å². The van der Waals surface area contributed by atoms with Crippen LogP contribution in [-0.4, -0.2) is 48.4 Å². The first-order valence-electron chi connectivity index (χ1n) is 7.73. The number of piperidine rings is 1. The van der Waals surface area contributed by atoms with Crippen molar-refractivity contribution in [3.8, 4) is 5.75 Å². The van der Waals surface area contributed by atoms with Crippen LogP contribution in [0.2, 0.25) is 0 Å². The number of urea groups is 1. The summed E-state index contributed by atoms with van der Waals surface area (Å²) in [5.41, 5.74) is 0. The Balaban J connectivity index is 1.76. The normalized spacial score (nSPS) is 17.0. The van der Waals surface area contributed by atoms with Crippen LogP contribution in [0.5, 0.6) is 5.75 Å². The van der Waals surface area contributed by atoms with Crippen LogP contribution in [0, 0.1) is 17.6 Å². The Hall–Kier alpha value is -1.89. The number of aliphatic hydroxyl groups excluding tert-OH is 1. The molecule has 0 spiro atoms. The lowest BCUT2D eigenvalue weighted by molar-refractivity contribution is 0.134. The van der Waals surface area contributed by atoms with Gasteiger partial charge in [-0.1, -0.05) is 0 Å². The molecule has 1 fully saturated rings. The summed E-state index contributed by atoms with van der Waals surface area (Å²) in [7, 11) is 0. The molecule has 1 atom stereocenters. The molecule has 0 aromatic heterocycles. The number of carbonyl (C=O) groups is 1. The molecule has 5 nitrogen and oxygen atoms in total. The molecule has 1 aromatic rings. The zero-order valence-corrected chi connectivity index (χ0v) is 13.1. The first kappa shape index (κ1) is 17.5. The quantitative estimate of drug-likeness (QED) is 0.871. The molecular formula is C16H22F2N2O3. The maximum atomic E-state index is 13.4. The number of rotatable bonds is 5. The Morgan fingerprint density at radius 3 is 2.74 bits per heavy atom. The Morgan fingerprint density at radius 2 is 2.13 bits per heavy atom. The number of carbonyl (C=O) groups excluding carboxylic acids is 1. The molecule has 0 aliphatic carbocycles. The Morgan fingerprint density at radius 1 is 1.43 bits per heavy atom. The molecule has 2 N–H and O–H groups in total. The Labute approximate surface area is 134 Å². The number of hydrogen-bond donors (Lipinski definition) is 2. The summed E-state index contributed by atoms with van der Waals surface area (Å²) in [6, 6.07) is 2.58. The topological polar surface area (TPSA) is 61.8 Å². The number of amides is 2. The highest BCUT2D eigenvalue weighted by molar-refractivity contribution is 5.74. The number of nitrogens with zero attached hydrogens (tertiary/aromatic N) is 1. The number of likely N-dealkylation sites (tertiary alicyclic amines) is 1. The summed E-state index contributed by atoms with van der Waals surface area (Å²) in [4.78, 5) is 13.8. The van der Waals surface area contributed by atoms with E-state index in [1.807, 2.05) is 0 Å². The van der Waals surface area contributed by atoms with Gasteiger partial charge in [0, 0.05) is 25.8 Å². The van der Waals surface area contributed by atoms with Crippen molar-refractivity contribution in [2.75, 3.05) is 26.3 Å². The SMILES string of the molecule is CC(COc1ccc(F)cc1F)NC(=O)N1CCC(CO)CC1. The van der Waals surface area contributed by atoms with Gasteiger partial charge in [0.1, 0.15) is 12.4 Å². The number of halogens is 2. The largest absolute Gasteiger partial charge is 0.488 e. The summed E-state index contributed by atoms with van der Waals surface area (Å²) in [6.45, 7) is 3.21. The van der Waals surface area contributed by atoms with Crippen molar-refractivity contribution in [1.29, 1.82) is 0 Å². The number of benzene rings is 1. The average Bonchev–Trinajstić information content (AvgIpc) is 2.54. The van der Waals surface area contributed by atoms with E-state index in [4.69, 9.17) is 9.84 Å². The summed E-state index contributed by atoms with van der Waals surface area (Å²) in [5.74, 6) is -1.21. The standard InChI is InChI=1S/C16H22F2N2O3/c1-11(10-23-15-3-2-13(17)8-14(15)18)19-16(22)20-6-4-12(9-21)5-7-20/h2-3,8,11-12,21H,4-7,9-10H2,1H3,(H,19,22). The predicted molar refractivity (Wildman–Crippen MR) is 81.2 cm³/mol. The maximum Gasteiger partial charge on any atom is 0.317 e. The van der Waals surface area contributed by atoms with Crippen molar-refractivity contribution in [3.05, 3.63) is 29.8 Å². The molecule has 2 amide bonds. The van der Waals surface area contributed by atoms with Crippen LogP contribution in [0.15, 0.2) is 18.2 Å². The molecule has 0 saturated carbocycles. The predicted octanol–water partition coefficient (Wildman–Crippen LogP) is 2.15. The maximum absolute atomic E-state index is 13.4. The molecule has 7 heteroatoms. The summed E-state index contributed by atoms with van der Waals surface area (Å²) < 4.78 is 31.5. The van der Waals surface area contributed by atoms with Crippen molar-refractivity contribution in [1.82, 2.24) is 10.2 Å². The molecule has 1 aliphatic heterocycles. The van der Waals surface area contributed by atoms with Gasteiger partial charge in [-0.05, 0) is 37.8 Å². The molecule has 1 aromatic carbocycles. The monoisotopic (exact) mass is 328 g/mol. The van der Waals surface area contributed by atoms with Crippen molar-refractivity contribution in [3.63, 3.8) is 0 Å². The molecule has 1 saturated heterocycles. The second kappa shape index (κ2) is 8.10. The zero-order valence-electron chi connectivity index (χ0n) is 13.1. The first-order valence-corrected chi connectivity index (χ1v) is 7.73. The summed E-state index contributed by atoms with van der Waals surface area (Å²) in [5, 5.41) is 11.9. The zero-order chi connectivity index (χ0) is 16.8. The Kier molecular flexibility index (Phi) is 6.15. The van der Waals surface area contributed by atoms with Gasteiger partial charge in [-0.15, -0.1) is 0 Å². The van der Waals surface area contributed by atoms with Crippen molar-refractivity contribution >= 4 is 6.03 Å². The van der Waals surface area contributed by atoms with Crippen molar-refractivity contribution in [2.24, 2.45) is 5.92 Å². The molecule has 128 valence electrons. The van der Waals surface area contributed by atoms with E-state index in [0.717, 1.165) is 25.0 Å². The smallest absolute Gasteiger partial charge is 0.317 e. The fraction of sp³-hybridized carbons (Fsp3) is 0.562. The molecular weight excluding hydrogens is 306 g/mol. The highest BCUT2D eigenvalue weighted by Gasteiger charge is 2.23. The molecule has 1 unspecified atom stereocenters. The van der Waals surface area contributed by atoms with E-state index < -0.39 is 11.6 Å². The fourth-order valence-electron chi connectivity index (χ4n) is 2.47. The number of nitrogens with one attached hydrogen (secondary N) is 1. The lowest BCUT2D eigenvalue weighted by atomic mass is 9.98. The third-order valence-electron chi connectivity index (χ3n) is 3.91. The summed E-state index contributed by atoms with van der Waals surface area (Å²) in [6.07, 6.45) is 1.57. The fourth-order valence-corrected chi connectivity index (χ4v) is 2.47. The minimum atomic E-state index is -0.769. The minimum absolute atomic E-state index is 0.0451. The van der Waals surface area contributed by atoms with Gasteiger partial charge in [0.05, 0.1) is 6.04 Å². The van der Waals surface area contributed by atoms with Crippen LogP contribution in [0.3, 0.4) is 0 Å². The van der Waals surface area contributed by atoms with E-state index in [1.54, 1.807) is 11.8 Å². The third-order valence-corrected chi connectivity index (χ3v) is 3.91. The van der Waals surface area contributed by atoms with Gasteiger partial charge in [-0.25, -0.2) is 13.6 Å². The minimum Gasteiger partial charge on any atom is -0.488 e. The van der Waals surface area contributed by atoms with Crippen LogP contribution >= 0.6 is 0 Å². The van der Waals surface area contributed by atoms with Crippen molar-refractivity contribution in [2.45, 2.75) is 25.8 Å². The van der Waals surface area contributed by atoms with Gasteiger partial charge >= 0.3 is 6.03 Å². The van der Waals surface area contributed by atoms with Crippen LogP contribution in [-0.2, 0) is 0 Å². The van der Waals surface area contributed by atoms with Gasteiger partial charge in [-0.3, -0.25) is 0 Å². The first-order chi connectivity index (χ1) is 11.0. The van der Waals surface area contributed by atoms with E-state index in [2.05, 4.69) is 5.32 Å². The number of aliphatic hydroxyl groups is 1. The van der Waals surface area contributed by atoms with Crippen molar-refractivity contribution < 1.29 is 23.4 Å². The van der Waals surface area contributed by atoms with Gasteiger partial charge in [0.25, 0.3) is 0 Å². The van der Waals surface area contributed by atoms with Crippen LogP contribution in [0.4, 0.5) is 13.6 Å². The van der Waals surface area contributed by atoms with E-state index in [-0.39, 0.29) is 37.0 Å². The second-order valence-corrected chi connectivity index (χ2v) is 5.85. The van der Waals surface area contributed by atoms with E-state index in [1.165, 1.54) is 6.07 Å². The van der Waals surface area contributed by atoms with Crippen LogP contribution in [0.1, 0.15) is 19.8 Å². The van der Waals surface area contributed by atoms with E-state index in [9.17, 15) is 13.6 Å². The van der Waals surface area contributed by atoms with Crippen LogP contribution < -0.4 is 10.1 Å². The van der Waals surface area contributed by atoms with E-state index in [0.29, 0.717) is 13.1 Å². The molecule has 23 heavy (non-hydrogen) atoms. The Bertz CT molecular complexity index is 534. The van der Waals surface area contributed by atoms with Gasteiger partial charge in [-0.2, -0.15) is 0 Å². The van der Waals surface area contributed by atoms with Gasteiger partial charge < -0.3 is 20.1 Å². The molecule has 2 rings (SSSR count). The van der Waals surface area contributed by atoms with Crippen LogP contribution in [0.25, 0.3) is 0 Å². The highest BCUT2D eigenvalue weighted by Crippen LogP contribution is 2.18. The summed E-state index contributed by atoms with van der Waals surface area (Å²) >= 11 is 0. The van der Waals surface area contributed by atoms with Gasteiger partial charge in [0.2, 0.25) is 0 Å². The molecule has 0 bridgehead atoms. The number of ether oxygens (including phenoxy) is 1. The highest BCUT2D eigenvalue weighted by atomic mass is 19.1. The second-order valence-electron chi connectivity index (χ2n) is 5.85. The lowest BCUT2D eigenvalue weighted by Crippen LogP contribution is -2.48. The molecule has 0 radical (unpaired) electrons. The van der Waals surface area contributed by atoms with E-state index >= 15 is 0 Å².